The van der Waals surface area contributed by atoms with Gasteiger partial charge in [0.2, 0.25) is 0 Å². The largest absolute Gasteiger partial charge is 0.382 e. The molecule has 1 heteroatoms. The fourth-order valence-corrected chi connectivity index (χ4v) is 2.42. The maximum Gasteiger partial charge on any atom is 0.0473 e. The van der Waals surface area contributed by atoms with Gasteiger partial charge in [-0.25, -0.2) is 0 Å². The minimum Gasteiger partial charge on any atom is -0.382 e. The lowest BCUT2D eigenvalue weighted by molar-refractivity contribution is 0.652. The number of nitrogens with one attached hydrogen (secondary N) is 1. The van der Waals surface area contributed by atoms with Crippen LogP contribution in [0.5, 0.6) is 0 Å². The van der Waals surface area contributed by atoms with Crippen LogP contribution in [0.4, 0.5) is 0 Å². The van der Waals surface area contributed by atoms with Gasteiger partial charge in [-0.3, -0.25) is 0 Å². The van der Waals surface area contributed by atoms with Gasteiger partial charge in [-0.15, -0.1) is 6.58 Å². The van der Waals surface area contributed by atoms with Gasteiger partial charge in [0.1, 0.15) is 0 Å². The molecular weight excluding hydrogens is 290 g/mol. The number of hydrogen-bond acceptors (Lipinski definition) is 1. The molecule has 1 nitrogen and oxygen atoms in total. The van der Waals surface area contributed by atoms with E-state index in [4.69, 9.17) is 0 Å². The van der Waals surface area contributed by atoms with Gasteiger partial charge in [0.05, 0.1) is 0 Å². The van der Waals surface area contributed by atoms with Crippen LogP contribution >= 0.6 is 0 Å². The van der Waals surface area contributed by atoms with Crippen LogP contribution in [0.2, 0.25) is 0 Å². The van der Waals surface area contributed by atoms with Crippen molar-refractivity contribution in [3.05, 3.63) is 91.2 Å². The van der Waals surface area contributed by atoms with Crippen molar-refractivity contribution < 1.29 is 0 Å². The zero-order valence-corrected chi connectivity index (χ0v) is 15.1. The zero-order chi connectivity index (χ0) is 17.8. The van der Waals surface area contributed by atoms with Gasteiger partial charge in [-0.1, -0.05) is 92.8 Å². The number of hydrogen-bond donors (Lipinski definition) is 1. The van der Waals surface area contributed by atoms with E-state index >= 15 is 0 Å². The lowest BCUT2D eigenvalue weighted by Gasteiger charge is -2.17. The SMILES string of the molecule is C=CC(C/C=C/c1ccccc1)NC(=C)CCC(=C)C(=C)CCC. The van der Waals surface area contributed by atoms with Crippen molar-refractivity contribution >= 4 is 6.08 Å². The van der Waals surface area contributed by atoms with Crippen molar-refractivity contribution in [3.63, 3.8) is 0 Å². The number of allylic oxidation sites excluding steroid dienone is 3. The Hall–Kier alpha value is -2.28. The Bertz CT molecular complexity index is 577. The van der Waals surface area contributed by atoms with Crippen LogP contribution in [0.25, 0.3) is 6.08 Å². The Morgan fingerprint density at radius 1 is 1.04 bits per heavy atom. The number of rotatable bonds is 12. The summed E-state index contributed by atoms with van der Waals surface area (Å²) in [6, 6.07) is 10.5. The molecule has 0 aromatic heterocycles. The highest BCUT2D eigenvalue weighted by atomic mass is 14.9. The molecule has 0 aliphatic carbocycles. The molecular formula is C23H31N. The Morgan fingerprint density at radius 3 is 2.33 bits per heavy atom. The molecule has 24 heavy (non-hydrogen) atoms. The average molecular weight is 322 g/mol. The Kier molecular flexibility index (Phi) is 9.29. The fraction of sp³-hybridized carbons (Fsp3) is 0.304. The molecule has 0 amide bonds. The Balaban J connectivity index is 2.37. The molecule has 0 spiro atoms. The van der Waals surface area contributed by atoms with Crippen molar-refractivity contribution in [2.24, 2.45) is 0 Å². The van der Waals surface area contributed by atoms with E-state index in [9.17, 15) is 0 Å². The minimum absolute atomic E-state index is 0.199. The molecule has 1 rings (SSSR count). The first-order valence-corrected chi connectivity index (χ1v) is 8.71. The van der Waals surface area contributed by atoms with Crippen LogP contribution in [0.15, 0.2) is 85.6 Å². The first-order valence-electron chi connectivity index (χ1n) is 8.71. The van der Waals surface area contributed by atoms with E-state index in [1.165, 1.54) is 5.56 Å². The Labute approximate surface area is 148 Å². The van der Waals surface area contributed by atoms with Crippen molar-refractivity contribution in [1.29, 1.82) is 0 Å². The maximum atomic E-state index is 4.13. The molecule has 0 saturated heterocycles. The van der Waals surface area contributed by atoms with Gasteiger partial charge < -0.3 is 5.32 Å². The summed E-state index contributed by atoms with van der Waals surface area (Å²) in [6.07, 6.45) is 11.1. The fourth-order valence-electron chi connectivity index (χ4n) is 2.42. The smallest absolute Gasteiger partial charge is 0.0473 e. The van der Waals surface area contributed by atoms with E-state index in [1.54, 1.807) is 0 Å². The van der Waals surface area contributed by atoms with Crippen LogP contribution in [0.1, 0.15) is 44.6 Å². The average Bonchev–Trinajstić information content (AvgIpc) is 2.59. The van der Waals surface area contributed by atoms with Crippen LogP contribution in [0, 0.1) is 0 Å². The molecule has 0 aliphatic heterocycles. The zero-order valence-electron chi connectivity index (χ0n) is 15.1. The van der Waals surface area contributed by atoms with E-state index in [2.05, 4.69) is 62.8 Å². The van der Waals surface area contributed by atoms with E-state index in [1.807, 2.05) is 24.3 Å². The van der Waals surface area contributed by atoms with Gasteiger partial charge in [-0.05, 0) is 31.2 Å². The summed E-state index contributed by atoms with van der Waals surface area (Å²) in [5.74, 6) is 0. The molecule has 128 valence electrons. The molecule has 1 aromatic carbocycles. The summed E-state index contributed by atoms with van der Waals surface area (Å²) in [5.41, 5.74) is 4.54. The van der Waals surface area contributed by atoms with Crippen molar-refractivity contribution in [2.75, 3.05) is 0 Å². The summed E-state index contributed by atoms with van der Waals surface area (Å²) < 4.78 is 0. The predicted octanol–water partition coefficient (Wildman–Crippen LogP) is 6.44. The normalized spacial score (nSPS) is 11.9. The standard InChI is InChI=1S/C23H31N/c1-6-12-19(3)20(4)17-18-21(5)24-23(7-2)16-11-15-22-13-9-8-10-14-22/h7-11,13-15,23-24H,2-6,12,16-18H2,1H3/b15-11+. The van der Waals surface area contributed by atoms with Crippen molar-refractivity contribution in [2.45, 2.75) is 45.1 Å². The highest BCUT2D eigenvalue weighted by Gasteiger charge is 2.05. The molecule has 1 atom stereocenters. The number of benzene rings is 1. The molecule has 1 N–H and O–H groups in total. The van der Waals surface area contributed by atoms with Crippen LogP contribution < -0.4 is 5.32 Å². The lowest BCUT2D eigenvalue weighted by Crippen LogP contribution is -2.25. The van der Waals surface area contributed by atoms with Crippen molar-refractivity contribution in [3.8, 4) is 0 Å². The second-order valence-electron chi connectivity index (χ2n) is 6.10. The summed E-state index contributed by atoms with van der Waals surface area (Å²) in [5, 5.41) is 3.44. The molecule has 0 heterocycles. The Morgan fingerprint density at radius 2 is 1.71 bits per heavy atom. The summed E-state index contributed by atoms with van der Waals surface area (Å²) >= 11 is 0. The third-order valence-corrected chi connectivity index (χ3v) is 3.95. The maximum absolute atomic E-state index is 4.13. The second-order valence-corrected chi connectivity index (χ2v) is 6.10. The van der Waals surface area contributed by atoms with Gasteiger partial charge in [0, 0.05) is 11.7 Å². The first-order chi connectivity index (χ1) is 11.6. The van der Waals surface area contributed by atoms with Gasteiger partial charge >= 0.3 is 0 Å². The van der Waals surface area contributed by atoms with Crippen LogP contribution in [-0.2, 0) is 0 Å². The predicted molar refractivity (Wildman–Crippen MR) is 109 cm³/mol. The summed E-state index contributed by atoms with van der Waals surface area (Å²) in [4.78, 5) is 0. The summed E-state index contributed by atoms with van der Waals surface area (Å²) in [7, 11) is 0. The van der Waals surface area contributed by atoms with Gasteiger partial charge in [0.15, 0.2) is 0 Å². The summed E-state index contributed by atoms with van der Waals surface area (Å²) in [6.45, 7) is 18.4. The second kappa shape index (κ2) is 11.3. The monoisotopic (exact) mass is 321 g/mol. The van der Waals surface area contributed by atoms with Crippen molar-refractivity contribution in [1.82, 2.24) is 5.32 Å². The topological polar surface area (TPSA) is 12.0 Å². The van der Waals surface area contributed by atoms with Crippen LogP contribution in [-0.4, -0.2) is 6.04 Å². The molecule has 1 unspecified atom stereocenters. The van der Waals surface area contributed by atoms with E-state index in [0.29, 0.717) is 0 Å². The molecule has 0 radical (unpaired) electrons. The molecule has 1 aromatic rings. The molecule has 0 aliphatic rings. The third kappa shape index (κ3) is 7.82. The van der Waals surface area contributed by atoms with Crippen LogP contribution in [0.3, 0.4) is 0 Å². The molecule has 0 saturated carbocycles. The first kappa shape index (κ1) is 19.8. The van der Waals surface area contributed by atoms with Gasteiger partial charge in [0.25, 0.3) is 0 Å². The lowest BCUT2D eigenvalue weighted by atomic mass is 9.99. The van der Waals surface area contributed by atoms with E-state index in [-0.39, 0.29) is 6.04 Å². The van der Waals surface area contributed by atoms with E-state index in [0.717, 1.165) is 48.9 Å². The highest BCUT2D eigenvalue weighted by Crippen LogP contribution is 2.18. The van der Waals surface area contributed by atoms with Gasteiger partial charge in [-0.2, -0.15) is 0 Å². The third-order valence-electron chi connectivity index (χ3n) is 3.95. The molecule has 0 bridgehead atoms. The van der Waals surface area contributed by atoms with E-state index < -0.39 is 0 Å². The molecule has 0 fully saturated rings. The quantitative estimate of drug-likeness (QED) is 0.345. The minimum atomic E-state index is 0.199. The highest BCUT2D eigenvalue weighted by molar-refractivity contribution is 5.48.